The predicted molar refractivity (Wildman–Crippen MR) is 65.7 cm³/mol. The number of hydrogen-bond acceptors (Lipinski definition) is 4. The second-order valence-electron chi connectivity index (χ2n) is 4.23. The van der Waals surface area contributed by atoms with Crippen molar-refractivity contribution in [3.05, 3.63) is 30.0 Å². The van der Waals surface area contributed by atoms with Gasteiger partial charge in [0, 0.05) is 25.3 Å². The molecule has 102 valence electrons. The van der Waals surface area contributed by atoms with Gasteiger partial charge >= 0.3 is 6.18 Å². The second kappa shape index (κ2) is 4.49. The van der Waals surface area contributed by atoms with Crippen molar-refractivity contribution in [3.63, 3.8) is 0 Å². The molecule has 0 fully saturated rings. The summed E-state index contributed by atoms with van der Waals surface area (Å²) in [4.78, 5) is 1.70. The van der Waals surface area contributed by atoms with Gasteiger partial charge in [-0.25, -0.2) is 0 Å². The van der Waals surface area contributed by atoms with Crippen LogP contribution in [0.15, 0.2) is 28.9 Å². The maximum absolute atomic E-state index is 13.0. The van der Waals surface area contributed by atoms with Gasteiger partial charge in [0.05, 0.1) is 17.3 Å². The highest BCUT2D eigenvalue weighted by Gasteiger charge is 2.34. The van der Waals surface area contributed by atoms with Crippen molar-refractivity contribution in [1.29, 1.82) is 0 Å². The van der Waals surface area contributed by atoms with E-state index in [-0.39, 0.29) is 17.0 Å². The van der Waals surface area contributed by atoms with Crippen molar-refractivity contribution in [3.8, 4) is 11.1 Å². The van der Waals surface area contributed by atoms with Crippen LogP contribution >= 0.6 is 0 Å². The third kappa shape index (κ3) is 2.49. The highest BCUT2D eigenvalue weighted by Crippen LogP contribution is 2.40. The van der Waals surface area contributed by atoms with Gasteiger partial charge in [0.15, 0.2) is 0 Å². The van der Waals surface area contributed by atoms with Crippen LogP contribution in [-0.4, -0.2) is 19.3 Å². The Hall–Kier alpha value is -2.18. The first-order valence-corrected chi connectivity index (χ1v) is 5.40. The Kier molecular flexibility index (Phi) is 3.13. The van der Waals surface area contributed by atoms with Crippen LogP contribution in [0.25, 0.3) is 11.1 Å². The molecule has 0 amide bonds. The van der Waals surface area contributed by atoms with Crippen LogP contribution in [0.5, 0.6) is 0 Å². The van der Waals surface area contributed by atoms with E-state index < -0.39 is 11.7 Å². The Morgan fingerprint density at radius 2 is 1.89 bits per heavy atom. The van der Waals surface area contributed by atoms with Gasteiger partial charge < -0.3 is 15.2 Å². The summed E-state index contributed by atoms with van der Waals surface area (Å²) in [6.07, 6.45) is -3.29. The van der Waals surface area contributed by atoms with Crippen molar-refractivity contribution in [1.82, 2.24) is 5.16 Å². The van der Waals surface area contributed by atoms with Crippen molar-refractivity contribution < 1.29 is 17.7 Å². The van der Waals surface area contributed by atoms with E-state index in [1.807, 2.05) is 0 Å². The van der Waals surface area contributed by atoms with E-state index in [1.165, 1.54) is 18.3 Å². The molecule has 4 nitrogen and oxygen atoms in total. The lowest BCUT2D eigenvalue weighted by Crippen LogP contribution is -2.12. The summed E-state index contributed by atoms with van der Waals surface area (Å²) in [5, 5.41) is 3.41. The molecular formula is C12H12F3N3O. The van der Waals surface area contributed by atoms with E-state index in [9.17, 15) is 13.2 Å². The molecule has 0 saturated carbocycles. The monoisotopic (exact) mass is 271 g/mol. The molecule has 1 heterocycles. The molecule has 0 aliphatic heterocycles. The number of nitrogen functional groups attached to an aromatic ring is 1. The van der Waals surface area contributed by atoms with Crippen LogP contribution in [0.2, 0.25) is 0 Å². The van der Waals surface area contributed by atoms with E-state index >= 15 is 0 Å². The van der Waals surface area contributed by atoms with Gasteiger partial charge in [0.1, 0.15) is 0 Å². The minimum atomic E-state index is -4.47. The number of halogens is 3. The van der Waals surface area contributed by atoms with Gasteiger partial charge in [-0.15, -0.1) is 0 Å². The molecule has 0 saturated heterocycles. The third-order valence-corrected chi connectivity index (χ3v) is 2.71. The first-order valence-electron chi connectivity index (χ1n) is 5.40. The summed E-state index contributed by atoms with van der Waals surface area (Å²) in [6.45, 7) is 0. The number of alkyl halides is 3. The molecule has 1 aromatic heterocycles. The first-order chi connectivity index (χ1) is 8.80. The van der Waals surface area contributed by atoms with Gasteiger partial charge in [-0.2, -0.15) is 13.2 Å². The van der Waals surface area contributed by atoms with Crippen molar-refractivity contribution in [2.45, 2.75) is 6.18 Å². The molecule has 2 N–H and O–H groups in total. The highest BCUT2D eigenvalue weighted by atomic mass is 19.4. The Labute approximate surface area is 107 Å². The number of nitrogens with zero attached hydrogens (tertiary/aromatic N) is 2. The average molecular weight is 271 g/mol. The third-order valence-electron chi connectivity index (χ3n) is 2.71. The molecule has 19 heavy (non-hydrogen) atoms. The van der Waals surface area contributed by atoms with Gasteiger partial charge in [-0.3, -0.25) is 0 Å². The summed E-state index contributed by atoms with van der Waals surface area (Å²) in [5.41, 5.74) is 5.45. The zero-order chi connectivity index (χ0) is 14.2. The van der Waals surface area contributed by atoms with Crippen LogP contribution in [0.1, 0.15) is 5.56 Å². The number of hydrogen-bond donors (Lipinski definition) is 1. The molecule has 2 rings (SSSR count). The topological polar surface area (TPSA) is 55.3 Å². The van der Waals surface area contributed by atoms with E-state index in [0.29, 0.717) is 5.69 Å². The van der Waals surface area contributed by atoms with Crippen LogP contribution < -0.4 is 10.6 Å². The molecule has 0 bridgehead atoms. The molecule has 0 atom stereocenters. The van der Waals surface area contributed by atoms with Crippen LogP contribution in [0.3, 0.4) is 0 Å². The standard InChI is InChI=1S/C12H12F3N3O/c1-18(2)7-3-4-10(12(13,14)15)8(5-7)9-6-17-19-11(9)16/h3-6H,16H2,1-2H3. The fraction of sp³-hybridized carbons (Fsp3) is 0.250. The van der Waals surface area contributed by atoms with Gasteiger partial charge in [-0.1, -0.05) is 5.16 Å². The Balaban J connectivity index is 2.67. The second-order valence-corrected chi connectivity index (χ2v) is 4.23. The van der Waals surface area contributed by atoms with E-state index in [4.69, 9.17) is 5.73 Å². The first kappa shape index (κ1) is 13.3. The highest BCUT2D eigenvalue weighted by molar-refractivity contribution is 5.78. The molecule has 0 unspecified atom stereocenters. The maximum Gasteiger partial charge on any atom is 0.417 e. The minimum Gasteiger partial charge on any atom is -0.378 e. The van der Waals surface area contributed by atoms with Crippen molar-refractivity contribution >= 4 is 11.6 Å². The molecule has 0 aliphatic carbocycles. The predicted octanol–water partition coefficient (Wildman–Crippen LogP) is 3.01. The Morgan fingerprint density at radius 3 is 2.37 bits per heavy atom. The summed E-state index contributed by atoms with van der Waals surface area (Å²) in [6, 6.07) is 3.83. The van der Waals surface area contributed by atoms with Crippen LogP contribution in [0.4, 0.5) is 24.7 Å². The number of nitrogens with two attached hydrogens (primary N) is 1. The molecule has 0 spiro atoms. The van der Waals surface area contributed by atoms with Crippen molar-refractivity contribution in [2.75, 3.05) is 24.7 Å². The number of anilines is 2. The summed E-state index contributed by atoms with van der Waals surface area (Å²) in [5.74, 6) is -0.138. The fourth-order valence-corrected chi connectivity index (χ4v) is 1.73. The minimum absolute atomic E-state index is 0.0440. The molecule has 7 heteroatoms. The molecule has 1 aromatic carbocycles. The number of rotatable bonds is 2. The molecule has 0 radical (unpaired) electrons. The van der Waals surface area contributed by atoms with E-state index in [2.05, 4.69) is 9.68 Å². The normalized spacial score (nSPS) is 11.6. The lowest BCUT2D eigenvalue weighted by molar-refractivity contribution is -0.137. The zero-order valence-electron chi connectivity index (χ0n) is 10.3. The number of aromatic nitrogens is 1. The van der Waals surface area contributed by atoms with Crippen LogP contribution in [-0.2, 0) is 6.18 Å². The van der Waals surface area contributed by atoms with E-state index in [0.717, 1.165) is 6.07 Å². The fourth-order valence-electron chi connectivity index (χ4n) is 1.73. The Morgan fingerprint density at radius 1 is 1.21 bits per heavy atom. The van der Waals surface area contributed by atoms with E-state index in [1.54, 1.807) is 19.0 Å². The lowest BCUT2D eigenvalue weighted by atomic mass is 10.0. The van der Waals surface area contributed by atoms with Gasteiger partial charge in [-0.05, 0) is 18.2 Å². The smallest absolute Gasteiger partial charge is 0.378 e. The molecule has 2 aromatic rings. The Bertz CT molecular complexity index is 590. The maximum atomic E-state index is 13.0. The van der Waals surface area contributed by atoms with Gasteiger partial charge in [0.2, 0.25) is 5.88 Å². The summed E-state index contributed by atoms with van der Waals surface area (Å²) in [7, 11) is 3.48. The summed E-state index contributed by atoms with van der Waals surface area (Å²) >= 11 is 0. The van der Waals surface area contributed by atoms with Crippen molar-refractivity contribution in [2.24, 2.45) is 0 Å². The quantitative estimate of drug-likeness (QED) is 0.912. The average Bonchev–Trinajstić information content (AvgIpc) is 2.73. The molecule has 0 aliphatic rings. The lowest BCUT2D eigenvalue weighted by Gasteiger charge is -2.17. The number of benzene rings is 1. The van der Waals surface area contributed by atoms with Crippen LogP contribution in [0, 0.1) is 0 Å². The molecular weight excluding hydrogens is 259 g/mol. The van der Waals surface area contributed by atoms with Gasteiger partial charge in [0.25, 0.3) is 0 Å². The SMILES string of the molecule is CN(C)c1ccc(C(F)(F)F)c(-c2cnoc2N)c1. The summed E-state index contributed by atoms with van der Waals surface area (Å²) < 4.78 is 43.6. The largest absolute Gasteiger partial charge is 0.417 e. The zero-order valence-corrected chi connectivity index (χ0v) is 10.3.